The van der Waals surface area contributed by atoms with Crippen molar-refractivity contribution in [3.8, 4) is 11.5 Å². The van der Waals surface area contributed by atoms with E-state index in [-0.39, 0.29) is 16.7 Å². The van der Waals surface area contributed by atoms with E-state index < -0.39 is 17.5 Å². The van der Waals surface area contributed by atoms with Gasteiger partial charge >= 0.3 is 0 Å². The van der Waals surface area contributed by atoms with Crippen molar-refractivity contribution in [2.24, 2.45) is 0 Å². The van der Waals surface area contributed by atoms with Crippen LogP contribution < -0.4 is 5.32 Å². The minimum Gasteiger partial charge on any atom is -0.411 e. The predicted octanol–water partition coefficient (Wildman–Crippen LogP) is 4.51. The van der Waals surface area contributed by atoms with Gasteiger partial charge in [-0.15, -0.1) is 10.2 Å². The number of amides is 1. The van der Waals surface area contributed by atoms with Gasteiger partial charge in [-0.1, -0.05) is 23.9 Å². The second kappa shape index (κ2) is 7.75. The zero-order valence-electron chi connectivity index (χ0n) is 12.5. The number of anilines is 1. The van der Waals surface area contributed by atoms with Gasteiger partial charge in [0.2, 0.25) is 11.8 Å². The topological polar surface area (TPSA) is 68.0 Å². The molecule has 0 aliphatic heterocycles. The van der Waals surface area contributed by atoms with Crippen molar-refractivity contribution in [3.63, 3.8) is 0 Å². The predicted molar refractivity (Wildman–Crippen MR) is 93.1 cm³/mol. The number of nitrogens with zero attached hydrogens (tertiary/aromatic N) is 2. The first kappa shape index (κ1) is 17.6. The van der Waals surface area contributed by atoms with Gasteiger partial charge in [0.25, 0.3) is 5.22 Å². The highest BCUT2D eigenvalue weighted by Crippen LogP contribution is 2.29. The van der Waals surface area contributed by atoms with Crippen LogP contribution in [0, 0.1) is 11.6 Å². The fraction of sp³-hybridized carbons (Fsp3) is 0.0625. The molecule has 5 nitrogen and oxygen atoms in total. The van der Waals surface area contributed by atoms with E-state index in [0.717, 1.165) is 33.9 Å². The van der Waals surface area contributed by atoms with Crippen LogP contribution in [0.1, 0.15) is 0 Å². The van der Waals surface area contributed by atoms with E-state index in [1.54, 1.807) is 0 Å². The van der Waals surface area contributed by atoms with Crippen LogP contribution in [0.2, 0.25) is 0 Å². The molecule has 1 heterocycles. The Morgan fingerprint density at radius 2 is 1.96 bits per heavy atom. The van der Waals surface area contributed by atoms with Gasteiger partial charge in [0.1, 0.15) is 0 Å². The van der Waals surface area contributed by atoms with E-state index in [0.29, 0.717) is 5.89 Å². The van der Waals surface area contributed by atoms with Crippen LogP contribution in [0.3, 0.4) is 0 Å². The summed E-state index contributed by atoms with van der Waals surface area (Å²) < 4.78 is 32.3. The largest absolute Gasteiger partial charge is 0.411 e. The van der Waals surface area contributed by atoms with E-state index in [4.69, 9.17) is 4.42 Å². The lowest BCUT2D eigenvalue weighted by Crippen LogP contribution is -2.14. The number of benzene rings is 2. The van der Waals surface area contributed by atoms with Gasteiger partial charge in [0, 0.05) is 16.2 Å². The smallest absolute Gasteiger partial charge is 0.277 e. The molecule has 1 aromatic heterocycles. The average molecular weight is 426 g/mol. The third-order valence-electron chi connectivity index (χ3n) is 3.04. The fourth-order valence-electron chi connectivity index (χ4n) is 1.91. The molecule has 128 valence electrons. The number of hydrogen-bond donors (Lipinski definition) is 1. The quantitative estimate of drug-likeness (QED) is 0.609. The van der Waals surface area contributed by atoms with Crippen molar-refractivity contribution in [2.45, 2.75) is 5.22 Å². The van der Waals surface area contributed by atoms with E-state index in [9.17, 15) is 13.6 Å². The van der Waals surface area contributed by atoms with Crippen LogP contribution in [0.5, 0.6) is 0 Å². The van der Waals surface area contributed by atoms with Gasteiger partial charge in [0.05, 0.1) is 11.3 Å². The number of carbonyl (C=O) groups excluding carboxylic acids is 1. The van der Waals surface area contributed by atoms with Crippen LogP contribution in [-0.4, -0.2) is 21.9 Å². The summed E-state index contributed by atoms with van der Waals surface area (Å²) in [6.45, 7) is 0. The number of nitrogens with one attached hydrogen (secondary N) is 1. The second-order valence-corrected chi connectivity index (χ2v) is 6.60. The lowest BCUT2D eigenvalue weighted by atomic mass is 10.2. The lowest BCUT2D eigenvalue weighted by Gasteiger charge is -2.04. The van der Waals surface area contributed by atoms with Crippen LogP contribution in [0.4, 0.5) is 14.5 Å². The highest BCUT2D eigenvalue weighted by Gasteiger charge is 2.13. The normalized spacial score (nSPS) is 10.7. The number of hydrogen-bond acceptors (Lipinski definition) is 5. The monoisotopic (exact) mass is 425 g/mol. The lowest BCUT2D eigenvalue weighted by molar-refractivity contribution is -0.113. The third kappa shape index (κ3) is 4.43. The Bertz CT molecular complexity index is 920. The molecule has 3 rings (SSSR count). The van der Waals surface area contributed by atoms with E-state index in [1.165, 1.54) is 6.07 Å². The summed E-state index contributed by atoms with van der Waals surface area (Å²) in [6.07, 6.45) is 0. The van der Waals surface area contributed by atoms with Crippen LogP contribution >= 0.6 is 27.7 Å². The Morgan fingerprint density at radius 3 is 2.72 bits per heavy atom. The fourth-order valence-corrected chi connectivity index (χ4v) is 2.93. The number of thioether (sulfide) groups is 1. The minimum atomic E-state index is -1.03. The molecule has 0 unspecified atom stereocenters. The maximum absolute atomic E-state index is 13.1. The van der Waals surface area contributed by atoms with Crippen LogP contribution in [-0.2, 0) is 4.79 Å². The summed E-state index contributed by atoms with van der Waals surface area (Å²) in [4.78, 5) is 11.9. The van der Waals surface area contributed by atoms with Gasteiger partial charge in [-0.25, -0.2) is 8.78 Å². The summed E-state index contributed by atoms with van der Waals surface area (Å²) in [7, 11) is 0. The summed E-state index contributed by atoms with van der Waals surface area (Å²) >= 11 is 4.44. The van der Waals surface area contributed by atoms with Crippen molar-refractivity contribution in [3.05, 3.63) is 58.6 Å². The number of aromatic nitrogens is 2. The van der Waals surface area contributed by atoms with Crippen molar-refractivity contribution in [1.29, 1.82) is 0 Å². The third-order valence-corrected chi connectivity index (χ3v) is 4.55. The summed E-state index contributed by atoms with van der Waals surface area (Å²) in [5.41, 5.74) is 0.914. The summed E-state index contributed by atoms with van der Waals surface area (Å²) in [6, 6.07) is 10.5. The molecular weight excluding hydrogens is 416 g/mol. The number of rotatable bonds is 5. The van der Waals surface area contributed by atoms with Gasteiger partial charge in [-0.05, 0) is 40.2 Å². The van der Waals surface area contributed by atoms with E-state index >= 15 is 0 Å². The Balaban J connectivity index is 1.59. The van der Waals surface area contributed by atoms with Gasteiger partial charge in [0.15, 0.2) is 11.6 Å². The van der Waals surface area contributed by atoms with Crippen LogP contribution in [0.25, 0.3) is 11.5 Å². The molecule has 0 atom stereocenters. The molecule has 0 aliphatic rings. The molecular formula is C16H10BrF2N3O2S. The maximum Gasteiger partial charge on any atom is 0.277 e. The molecule has 0 spiro atoms. The molecule has 2 aromatic carbocycles. The molecule has 1 amide bonds. The van der Waals surface area contributed by atoms with Crippen molar-refractivity contribution < 1.29 is 18.0 Å². The van der Waals surface area contributed by atoms with Gasteiger partial charge in [-0.2, -0.15) is 0 Å². The number of halogens is 3. The Kier molecular flexibility index (Phi) is 5.44. The molecule has 1 N–H and O–H groups in total. The Morgan fingerprint density at radius 1 is 1.16 bits per heavy atom. The van der Waals surface area contributed by atoms with Crippen molar-refractivity contribution in [2.75, 3.05) is 11.1 Å². The summed E-state index contributed by atoms with van der Waals surface area (Å²) in [5, 5.41) is 10.5. The van der Waals surface area contributed by atoms with Gasteiger partial charge < -0.3 is 9.73 Å². The highest BCUT2D eigenvalue weighted by atomic mass is 79.9. The molecule has 0 fully saturated rings. The highest BCUT2D eigenvalue weighted by molar-refractivity contribution is 9.10. The average Bonchev–Trinajstić information content (AvgIpc) is 3.05. The van der Waals surface area contributed by atoms with Crippen LogP contribution in [0.15, 0.2) is 56.6 Å². The molecule has 9 heteroatoms. The van der Waals surface area contributed by atoms with Gasteiger partial charge in [-0.3, -0.25) is 4.79 Å². The first-order valence-corrected chi connectivity index (χ1v) is 8.77. The maximum atomic E-state index is 13.1. The Hall–Kier alpha value is -2.26. The molecule has 25 heavy (non-hydrogen) atoms. The minimum absolute atomic E-state index is 0.0173. The molecule has 0 saturated heterocycles. The van der Waals surface area contributed by atoms with Crippen molar-refractivity contribution in [1.82, 2.24) is 10.2 Å². The first-order chi connectivity index (χ1) is 12.0. The zero-order chi connectivity index (χ0) is 17.8. The second-order valence-electron chi connectivity index (χ2n) is 4.82. The molecule has 0 saturated carbocycles. The van der Waals surface area contributed by atoms with Crippen molar-refractivity contribution >= 4 is 39.3 Å². The van der Waals surface area contributed by atoms with E-state index in [2.05, 4.69) is 31.4 Å². The zero-order valence-corrected chi connectivity index (χ0v) is 14.9. The molecule has 3 aromatic rings. The SMILES string of the molecule is O=C(CSc1nnc(-c2ccccc2Br)o1)Nc1ccc(F)c(F)c1. The molecule has 0 radical (unpaired) electrons. The summed E-state index contributed by atoms with van der Waals surface area (Å²) in [5.74, 6) is -2.10. The molecule has 0 bridgehead atoms. The standard InChI is InChI=1S/C16H10BrF2N3O2S/c17-11-4-2-1-3-10(11)15-21-22-16(24-15)25-8-14(23)20-9-5-6-12(18)13(19)7-9/h1-7H,8H2,(H,20,23). The Labute approximate surface area is 154 Å². The number of carbonyl (C=O) groups is 1. The van der Waals surface area contributed by atoms with E-state index in [1.807, 2.05) is 24.3 Å². The first-order valence-electron chi connectivity index (χ1n) is 6.99. The molecule has 0 aliphatic carbocycles.